The third kappa shape index (κ3) is 3.87. The largest absolute Gasteiger partial charge is 0.497 e. The Morgan fingerprint density at radius 1 is 1.27 bits per heavy atom. The highest BCUT2D eigenvalue weighted by Crippen LogP contribution is 2.32. The first-order valence-corrected chi connectivity index (χ1v) is 7.91. The van der Waals surface area contributed by atoms with Crippen LogP contribution in [0.3, 0.4) is 0 Å². The van der Waals surface area contributed by atoms with E-state index in [2.05, 4.69) is 5.32 Å². The molecule has 0 aliphatic carbocycles. The lowest BCUT2D eigenvalue weighted by Crippen LogP contribution is -2.35. The van der Waals surface area contributed by atoms with E-state index in [1.807, 2.05) is 44.2 Å². The van der Waals surface area contributed by atoms with Gasteiger partial charge >= 0.3 is 0 Å². The van der Waals surface area contributed by atoms with Crippen LogP contribution in [0.15, 0.2) is 30.3 Å². The molecule has 0 aliphatic heterocycles. The third-order valence-corrected chi connectivity index (χ3v) is 4.39. The van der Waals surface area contributed by atoms with Gasteiger partial charge in [0.25, 0.3) is 5.91 Å². The zero-order valence-electron chi connectivity index (χ0n) is 13.3. The number of amides is 1. The molecule has 0 aliphatic rings. The summed E-state index contributed by atoms with van der Waals surface area (Å²) in [5, 5.41) is 2.93. The number of benzene rings is 1. The Hall–Kier alpha value is -1.85. The molecule has 118 valence electrons. The van der Waals surface area contributed by atoms with Gasteiger partial charge in [-0.25, -0.2) is 0 Å². The number of carbonyl (C=O) groups excluding carboxylic acids is 1. The van der Waals surface area contributed by atoms with Crippen LogP contribution in [-0.2, 0) is 4.74 Å². The number of ether oxygens (including phenoxy) is 2. The van der Waals surface area contributed by atoms with Crippen molar-refractivity contribution in [2.75, 3.05) is 20.8 Å². The van der Waals surface area contributed by atoms with Gasteiger partial charge in [-0.15, -0.1) is 11.3 Å². The third-order valence-electron chi connectivity index (χ3n) is 3.34. The second-order valence-corrected chi connectivity index (χ2v) is 6.40. The topological polar surface area (TPSA) is 47.6 Å². The molecule has 1 atom stereocenters. The number of nitrogens with one attached hydrogen (secondary N) is 1. The fourth-order valence-electron chi connectivity index (χ4n) is 2.24. The van der Waals surface area contributed by atoms with E-state index in [0.717, 1.165) is 21.8 Å². The minimum absolute atomic E-state index is 0.00987. The van der Waals surface area contributed by atoms with E-state index in [1.54, 1.807) is 14.2 Å². The monoisotopic (exact) mass is 319 g/mol. The van der Waals surface area contributed by atoms with Crippen LogP contribution in [0.5, 0.6) is 5.75 Å². The summed E-state index contributed by atoms with van der Waals surface area (Å²) in [7, 11) is 3.27. The van der Waals surface area contributed by atoms with Crippen LogP contribution in [0.2, 0.25) is 0 Å². The lowest BCUT2D eigenvalue weighted by atomic mass is 10.1. The molecule has 2 rings (SSSR count). The van der Waals surface area contributed by atoms with Crippen LogP contribution in [0, 0.1) is 6.92 Å². The van der Waals surface area contributed by atoms with Crippen molar-refractivity contribution >= 4 is 17.2 Å². The molecule has 22 heavy (non-hydrogen) atoms. The standard InChI is InChI=1S/C17H21NO3S/c1-11(10-20-3)18-17(19)16-9-15(12(2)22-16)13-5-7-14(21-4)8-6-13/h5-9,11H,10H2,1-4H3,(H,18,19). The molecule has 0 bridgehead atoms. The number of rotatable bonds is 6. The van der Waals surface area contributed by atoms with E-state index in [1.165, 1.54) is 11.3 Å². The van der Waals surface area contributed by atoms with Crippen molar-refractivity contribution in [1.29, 1.82) is 0 Å². The second kappa shape index (κ2) is 7.42. The lowest BCUT2D eigenvalue weighted by Gasteiger charge is -2.11. The van der Waals surface area contributed by atoms with Crippen molar-refractivity contribution in [1.82, 2.24) is 5.32 Å². The van der Waals surface area contributed by atoms with Crippen molar-refractivity contribution in [2.24, 2.45) is 0 Å². The fourth-order valence-corrected chi connectivity index (χ4v) is 3.18. The summed E-state index contributed by atoms with van der Waals surface area (Å²) < 4.78 is 10.2. The highest BCUT2D eigenvalue weighted by atomic mass is 32.1. The Kier molecular flexibility index (Phi) is 5.57. The van der Waals surface area contributed by atoms with E-state index in [-0.39, 0.29) is 11.9 Å². The van der Waals surface area contributed by atoms with Gasteiger partial charge in [0.15, 0.2) is 0 Å². The van der Waals surface area contributed by atoms with Crippen molar-refractivity contribution < 1.29 is 14.3 Å². The Labute approximate surface area is 135 Å². The van der Waals surface area contributed by atoms with Crippen LogP contribution in [0.4, 0.5) is 0 Å². The molecule has 0 fully saturated rings. The van der Waals surface area contributed by atoms with Crippen LogP contribution in [0.25, 0.3) is 11.1 Å². The van der Waals surface area contributed by atoms with E-state index in [9.17, 15) is 4.79 Å². The van der Waals surface area contributed by atoms with Crippen LogP contribution < -0.4 is 10.1 Å². The molecular formula is C17H21NO3S. The molecule has 1 aromatic heterocycles. The Balaban J connectivity index is 2.18. The Bertz CT molecular complexity index is 634. The smallest absolute Gasteiger partial charge is 0.261 e. The maximum absolute atomic E-state index is 12.3. The van der Waals surface area contributed by atoms with Crippen LogP contribution in [0.1, 0.15) is 21.5 Å². The summed E-state index contributed by atoms with van der Waals surface area (Å²) in [4.78, 5) is 14.1. The minimum atomic E-state index is -0.0580. The second-order valence-electron chi connectivity index (χ2n) is 5.14. The molecule has 0 radical (unpaired) electrons. The Morgan fingerprint density at radius 2 is 1.95 bits per heavy atom. The summed E-state index contributed by atoms with van der Waals surface area (Å²) in [5.41, 5.74) is 2.16. The van der Waals surface area contributed by atoms with E-state index >= 15 is 0 Å². The van der Waals surface area contributed by atoms with Gasteiger partial charge in [-0.05, 0) is 43.2 Å². The average Bonchev–Trinajstić information content (AvgIpc) is 2.89. The van der Waals surface area contributed by atoms with Crippen molar-refractivity contribution in [3.8, 4) is 16.9 Å². The highest BCUT2D eigenvalue weighted by Gasteiger charge is 2.15. The van der Waals surface area contributed by atoms with Gasteiger partial charge in [-0.1, -0.05) is 12.1 Å². The number of hydrogen-bond donors (Lipinski definition) is 1. The molecule has 2 aromatic rings. The molecule has 1 amide bonds. The van der Waals surface area contributed by atoms with Crippen molar-refractivity contribution in [2.45, 2.75) is 19.9 Å². The summed E-state index contributed by atoms with van der Waals surface area (Å²) in [6, 6.07) is 9.78. The molecule has 1 unspecified atom stereocenters. The normalized spacial score (nSPS) is 12.0. The summed E-state index contributed by atoms with van der Waals surface area (Å²) in [6.07, 6.45) is 0. The predicted molar refractivity (Wildman–Crippen MR) is 89.8 cm³/mol. The molecule has 4 nitrogen and oxygen atoms in total. The number of thiophene rings is 1. The number of hydrogen-bond acceptors (Lipinski definition) is 4. The maximum Gasteiger partial charge on any atom is 0.261 e. The van der Waals surface area contributed by atoms with Gasteiger partial charge in [0, 0.05) is 18.0 Å². The van der Waals surface area contributed by atoms with E-state index < -0.39 is 0 Å². The van der Waals surface area contributed by atoms with E-state index in [4.69, 9.17) is 9.47 Å². The van der Waals surface area contributed by atoms with Gasteiger partial charge in [0.2, 0.25) is 0 Å². The molecule has 0 spiro atoms. The van der Waals surface area contributed by atoms with Crippen LogP contribution >= 0.6 is 11.3 Å². The number of carbonyl (C=O) groups is 1. The average molecular weight is 319 g/mol. The van der Waals surface area contributed by atoms with E-state index in [0.29, 0.717) is 11.5 Å². The zero-order valence-corrected chi connectivity index (χ0v) is 14.1. The van der Waals surface area contributed by atoms with Crippen molar-refractivity contribution in [3.63, 3.8) is 0 Å². The quantitative estimate of drug-likeness (QED) is 0.886. The first-order valence-electron chi connectivity index (χ1n) is 7.09. The van der Waals surface area contributed by atoms with Gasteiger partial charge in [-0.3, -0.25) is 4.79 Å². The summed E-state index contributed by atoms with van der Waals surface area (Å²) in [5.74, 6) is 0.764. The zero-order chi connectivity index (χ0) is 16.1. The molecule has 5 heteroatoms. The molecule has 0 saturated carbocycles. The van der Waals surface area contributed by atoms with Crippen LogP contribution in [-0.4, -0.2) is 32.8 Å². The van der Waals surface area contributed by atoms with Crippen molar-refractivity contribution in [3.05, 3.63) is 40.1 Å². The first kappa shape index (κ1) is 16.5. The number of aryl methyl sites for hydroxylation is 1. The summed E-state index contributed by atoms with van der Waals surface area (Å²) in [6.45, 7) is 4.45. The molecule has 1 heterocycles. The lowest BCUT2D eigenvalue weighted by molar-refractivity contribution is 0.0909. The van der Waals surface area contributed by atoms with Gasteiger partial charge < -0.3 is 14.8 Å². The SMILES string of the molecule is COCC(C)NC(=O)c1cc(-c2ccc(OC)cc2)c(C)s1. The molecule has 1 N–H and O–H groups in total. The predicted octanol–water partition coefficient (Wildman–Crippen LogP) is 3.50. The highest BCUT2D eigenvalue weighted by molar-refractivity contribution is 7.14. The first-order chi connectivity index (χ1) is 10.5. The van der Waals surface area contributed by atoms with Gasteiger partial charge in [0.05, 0.1) is 18.6 Å². The molecule has 0 saturated heterocycles. The summed E-state index contributed by atoms with van der Waals surface area (Å²) >= 11 is 1.50. The Morgan fingerprint density at radius 3 is 2.55 bits per heavy atom. The fraction of sp³-hybridized carbons (Fsp3) is 0.353. The van der Waals surface area contributed by atoms with Gasteiger partial charge in [0.1, 0.15) is 5.75 Å². The number of methoxy groups -OCH3 is 2. The molecule has 1 aromatic carbocycles. The minimum Gasteiger partial charge on any atom is -0.497 e. The molecular weight excluding hydrogens is 298 g/mol. The van der Waals surface area contributed by atoms with Gasteiger partial charge in [-0.2, -0.15) is 0 Å². The maximum atomic E-state index is 12.3.